The van der Waals surface area contributed by atoms with Gasteiger partial charge >= 0.3 is 12.0 Å². The average Bonchev–Trinajstić information content (AvgIpc) is 2.87. The van der Waals surface area contributed by atoms with Gasteiger partial charge in [-0.2, -0.15) is 4.98 Å². The van der Waals surface area contributed by atoms with Crippen LogP contribution in [0.1, 0.15) is 44.1 Å². The Bertz CT molecular complexity index is 1060. The number of anilines is 2. The van der Waals surface area contributed by atoms with E-state index in [0.29, 0.717) is 18.5 Å². The van der Waals surface area contributed by atoms with Crippen LogP contribution in [-0.2, 0) is 6.54 Å². The number of para-hydroxylation sites is 1. The molecule has 0 unspecified atom stereocenters. The van der Waals surface area contributed by atoms with Crippen LogP contribution in [0, 0.1) is 16.0 Å². The largest absolute Gasteiger partial charge is 0.573 e. The number of aliphatic hydroxyl groups excluding tert-OH is 1. The minimum absolute atomic E-state index is 0.0471. The maximum atomic E-state index is 12.7. The normalized spacial score (nSPS) is 21.4. The van der Waals surface area contributed by atoms with E-state index in [2.05, 4.69) is 30.2 Å². The first-order chi connectivity index (χ1) is 17.7. The van der Waals surface area contributed by atoms with E-state index in [1.165, 1.54) is 18.2 Å². The molecule has 1 aliphatic carbocycles. The molecule has 2 heterocycles. The number of aliphatic hydroxyl groups is 1. The summed E-state index contributed by atoms with van der Waals surface area (Å²) < 4.78 is 42.1. The van der Waals surface area contributed by atoms with Gasteiger partial charge in [0, 0.05) is 37.8 Å². The van der Waals surface area contributed by atoms with Gasteiger partial charge in [-0.1, -0.05) is 18.2 Å². The zero-order valence-corrected chi connectivity index (χ0v) is 20.3. The van der Waals surface area contributed by atoms with E-state index in [0.717, 1.165) is 57.8 Å². The summed E-state index contributed by atoms with van der Waals surface area (Å²) in [5, 5.41) is 27.1. The molecule has 1 aromatic carbocycles. The molecule has 1 saturated carbocycles. The quantitative estimate of drug-likeness (QED) is 0.325. The zero-order valence-electron chi connectivity index (χ0n) is 20.3. The van der Waals surface area contributed by atoms with Crippen LogP contribution in [0.4, 0.5) is 30.6 Å². The number of nitrogens with zero attached hydrogens (tertiary/aromatic N) is 4. The number of nitro groups is 1. The number of aromatic nitrogens is 2. The molecule has 0 radical (unpaired) electrons. The highest BCUT2D eigenvalue weighted by Gasteiger charge is 2.32. The molecule has 1 aromatic heterocycles. The molecule has 1 saturated heterocycles. The van der Waals surface area contributed by atoms with Crippen LogP contribution >= 0.6 is 0 Å². The van der Waals surface area contributed by atoms with Gasteiger partial charge in [-0.15, -0.1) is 13.2 Å². The summed E-state index contributed by atoms with van der Waals surface area (Å²) in [4.78, 5) is 21.6. The Hall–Kier alpha value is -3.19. The molecule has 3 N–H and O–H groups in total. The molecule has 202 valence electrons. The van der Waals surface area contributed by atoms with Crippen molar-refractivity contribution in [2.75, 3.05) is 30.3 Å². The summed E-state index contributed by atoms with van der Waals surface area (Å²) in [7, 11) is 0. The van der Waals surface area contributed by atoms with Crippen molar-refractivity contribution in [3.8, 4) is 5.75 Å². The summed E-state index contributed by atoms with van der Waals surface area (Å²) >= 11 is 0. The van der Waals surface area contributed by atoms with Crippen molar-refractivity contribution < 1.29 is 27.9 Å². The summed E-state index contributed by atoms with van der Waals surface area (Å²) in [6.07, 6.45) is 1.74. The first kappa shape index (κ1) is 26.9. The lowest BCUT2D eigenvalue weighted by Gasteiger charge is -2.40. The maximum Gasteiger partial charge on any atom is 0.573 e. The number of rotatable bonds is 9. The molecule has 10 nitrogen and oxygen atoms in total. The van der Waals surface area contributed by atoms with Gasteiger partial charge < -0.3 is 25.4 Å². The Labute approximate surface area is 212 Å². The van der Waals surface area contributed by atoms with Crippen molar-refractivity contribution in [2.45, 2.75) is 63.6 Å². The highest BCUT2D eigenvalue weighted by Crippen LogP contribution is 2.31. The second-order valence-corrected chi connectivity index (χ2v) is 9.52. The summed E-state index contributed by atoms with van der Waals surface area (Å²) in [5.41, 5.74) is -0.0387. The number of piperidine rings is 1. The minimum Gasteiger partial charge on any atom is -0.405 e. The molecule has 1 aliphatic heterocycles. The van der Waals surface area contributed by atoms with E-state index >= 15 is 0 Å². The van der Waals surface area contributed by atoms with Crippen molar-refractivity contribution in [3.05, 3.63) is 46.1 Å². The molecule has 0 amide bonds. The maximum absolute atomic E-state index is 12.7. The van der Waals surface area contributed by atoms with Gasteiger partial charge in [-0.3, -0.25) is 10.1 Å². The summed E-state index contributed by atoms with van der Waals surface area (Å²) in [6, 6.07) is 6.20. The molecule has 13 heteroatoms. The lowest BCUT2D eigenvalue weighted by atomic mass is 9.84. The second-order valence-electron chi connectivity index (χ2n) is 9.52. The third kappa shape index (κ3) is 7.65. The third-order valence-corrected chi connectivity index (χ3v) is 6.99. The minimum atomic E-state index is -4.83. The zero-order chi connectivity index (χ0) is 26.4. The van der Waals surface area contributed by atoms with E-state index in [9.17, 15) is 28.4 Å². The van der Waals surface area contributed by atoms with Gasteiger partial charge in [0.25, 0.3) is 0 Å². The van der Waals surface area contributed by atoms with Crippen LogP contribution in [0.3, 0.4) is 0 Å². The van der Waals surface area contributed by atoms with Crippen molar-refractivity contribution in [1.29, 1.82) is 0 Å². The topological polar surface area (TPSA) is 126 Å². The molecule has 0 spiro atoms. The summed E-state index contributed by atoms with van der Waals surface area (Å²) in [6.45, 7) is 2.29. The van der Waals surface area contributed by atoms with Crippen molar-refractivity contribution >= 4 is 17.5 Å². The monoisotopic (exact) mass is 524 g/mol. The molecule has 2 aliphatic rings. The Morgan fingerprint density at radius 1 is 1.11 bits per heavy atom. The Balaban J connectivity index is 1.34. The molecular formula is C24H31F3N6O4. The first-order valence-electron chi connectivity index (χ1n) is 12.4. The van der Waals surface area contributed by atoms with Crippen molar-refractivity contribution in [2.24, 2.45) is 5.92 Å². The van der Waals surface area contributed by atoms with Gasteiger partial charge in [0.1, 0.15) is 11.9 Å². The van der Waals surface area contributed by atoms with Crippen LogP contribution in [0.2, 0.25) is 0 Å². The lowest BCUT2D eigenvalue weighted by Crippen LogP contribution is -2.44. The second kappa shape index (κ2) is 11.9. The number of alkyl halides is 3. The number of benzene rings is 1. The molecule has 4 rings (SSSR count). The SMILES string of the molecule is O=[N+]([O-])c1cnc(NCc2ccccc2OC(F)(F)F)nc1NCC1CCC(N2CCC(O)CC2)CC1. The molecule has 0 bridgehead atoms. The van der Waals surface area contributed by atoms with Gasteiger partial charge in [-0.05, 0) is 50.5 Å². The fourth-order valence-corrected chi connectivity index (χ4v) is 4.98. The fourth-order valence-electron chi connectivity index (χ4n) is 4.98. The predicted molar refractivity (Wildman–Crippen MR) is 130 cm³/mol. The molecule has 37 heavy (non-hydrogen) atoms. The van der Waals surface area contributed by atoms with Crippen molar-refractivity contribution in [3.63, 3.8) is 0 Å². The Kier molecular flexibility index (Phi) is 8.64. The Morgan fingerprint density at radius 2 is 1.81 bits per heavy atom. The highest BCUT2D eigenvalue weighted by atomic mass is 19.4. The van der Waals surface area contributed by atoms with Gasteiger partial charge in [0.05, 0.1) is 11.0 Å². The van der Waals surface area contributed by atoms with E-state index in [-0.39, 0.29) is 41.4 Å². The van der Waals surface area contributed by atoms with E-state index in [4.69, 9.17) is 0 Å². The number of halogens is 3. The highest BCUT2D eigenvalue weighted by molar-refractivity contribution is 5.57. The number of ether oxygens (including phenoxy) is 1. The molecule has 0 atom stereocenters. The van der Waals surface area contributed by atoms with Gasteiger partial charge in [0.15, 0.2) is 0 Å². The molecular weight excluding hydrogens is 493 g/mol. The predicted octanol–water partition coefficient (Wildman–Crippen LogP) is 4.32. The standard InChI is InChI=1S/C24H31F3N6O4/c25-24(26,27)37-21-4-2-1-3-17(21)14-29-23-30-15-20(33(35)36)22(31-23)28-13-16-5-7-18(8-6-16)32-11-9-19(34)10-12-32/h1-4,15-16,18-19,34H,5-14H2,(H2,28,29,30,31). The fraction of sp³-hybridized carbons (Fsp3) is 0.583. The van der Waals surface area contributed by atoms with E-state index in [1.807, 2.05) is 0 Å². The van der Waals surface area contributed by atoms with Crippen molar-refractivity contribution in [1.82, 2.24) is 14.9 Å². The first-order valence-corrected chi connectivity index (χ1v) is 12.4. The van der Waals surface area contributed by atoms with Gasteiger partial charge in [-0.25, -0.2) is 4.98 Å². The van der Waals surface area contributed by atoms with Crippen LogP contribution < -0.4 is 15.4 Å². The number of hydrogen-bond donors (Lipinski definition) is 3. The smallest absolute Gasteiger partial charge is 0.405 e. The van der Waals surface area contributed by atoms with Crippen LogP contribution in [-0.4, -0.2) is 63.0 Å². The number of hydrogen-bond acceptors (Lipinski definition) is 9. The third-order valence-electron chi connectivity index (χ3n) is 6.99. The van der Waals surface area contributed by atoms with E-state index in [1.54, 1.807) is 6.07 Å². The van der Waals surface area contributed by atoms with Gasteiger partial charge in [0.2, 0.25) is 11.8 Å². The average molecular weight is 525 g/mol. The lowest BCUT2D eigenvalue weighted by molar-refractivity contribution is -0.384. The number of nitrogens with one attached hydrogen (secondary N) is 2. The Morgan fingerprint density at radius 3 is 2.49 bits per heavy atom. The van der Waals surface area contributed by atoms with Crippen LogP contribution in [0.25, 0.3) is 0 Å². The van der Waals surface area contributed by atoms with E-state index < -0.39 is 11.3 Å². The number of likely N-dealkylation sites (tertiary alicyclic amines) is 1. The molecule has 2 fully saturated rings. The van der Waals surface area contributed by atoms with Crippen LogP contribution in [0.5, 0.6) is 5.75 Å². The molecule has 2 aromatic rings. The van der Waals surface area contributed by atoms with Crippen LogP contribution in [0.15, 0.2) is 30.5 Å². The summed E-state index contributed by atoms with van der Waals surface area (Å²) in [5.74, 6) is 0.100.